The van der Waals surface area contributed by atoms with Crippen LogP contribution < -0.4 is 4.72 Å². The van der Waals surface area contributed by atoms with Crippen LogP contribution in [0.4, 0.5) is 14.8 Å². The van der Waals surface area contributed by atoms with Gasteiger partial charge in [-0.05, 0) is 59.5 Å². The zero-order valence-corrected chi connectivity index (χ0v) is 17.6. The molecule has 3 aromatic rings. The van der Waals surface area contributed by atoms with Crippen molar-refractivity contribution in [1.82, 2.24) is 15.0 Å². The molecular formula is C20H18F2N4O5S. The van der Waals surface area contributed by atoms with Gasteiger partial charge >= 0.3 is 12.0 Å². The maximum absolute atomic E-state index is 13.6. The second-order valence-electron chi connectivity index (χ2n) is 7.36. The Kier molecular flexibility index (Phi) is 5.65. The molecule has 9 nitrogen and oxygen atoms in total. The minimum Gasteiger partial charge on any atom is -0.475 e. The number of carboxylic acids is 1. The molecular weight excluding hydrogens is 446 g/mol. The summed E-state index contributed by atoms with van der Waals surface area (Å²) in [5, 5.41) is 12.0. The van der Waals surface area contributed by atoms with Gasteiger partial charge in [0.1, 0.15) is 11.6 Å². The quantitative estimate of drug-likeness (QED) is 0.570. The number of hydrogen-bond donors (Lipinski definition) is 2. The molecule has 0 bridgehead atoms. The molecule has 32 heavy (non-hydrogen) atoms. The van der Waals surface area contributed by atoms with Gasteiger partial charge in [0.15, 0.2) is 0 Å². The molecule has 12 heteroatoms. The third-order valence-corrected chi connectivity index (χ3v) is 6.60. The van der Waals surface area contributed by atoms with Crippen LogP contribution in [0.25, 0.3) is 0 Å². The molecule has 2 aromatic carbocycles. The van der Waals surface area contributed by atoms with E-state index in [2.05, 4.69) is 19.4 Å². The Balaban J connectivity index is 1.56. The number of rotatable bonds is 6. The maximum Gasteiger partial charge on any atom is 0.377 e. The molecule has 1 aliphatic heterocycles. The van der Waals surface area contributed by atoms with Crippen LogP contribution in [0.3, 0.4) is 0 Å². The number of nitrogens with zero attached hydrogens (tertiary/aromatic N) is 3. The van der Waals surface area contributed by atoms with E-state index in [1.807, 2.05) is 11.8 Å². The number of aromatic nitrogens is 2. The summed E-state index contributed by atoms with van der Waals surface area (Å²) < 4.78 is 59.3. The lowest BCUT2D eigenvalue weighted by molar-refractivity contribution is 0.0680. The molecule has 0 saturated heterocycles. The molecule has 0 saturated carbocycles. The number of sulfonamides is 1. The first-order valence-corrected chi connectivity index (χ1v) is 11.0. The SMILES string of the molecule is CC(c1cc(F)cc(F)c1)N1CCc2ccc(S(=O)(=O)Nc3nc(C(=O)O)no3)cc2C1. The van der Waals surface area contributed by atoms with E-state index in [-0.39, 0.29) is 10.9 Å². The van der Waals surface area contributed by atoms with Crippen LogP contribution in [0.1, 0.15) is 40.3 Å². The molecule has 0 amide bonds. The Morgan fingerprint density at radius 3 is 2.56 bits per heavy atom. The Morgan fingerprint density at radius 2 is 1.91 bits per heavy atom. The van der Waals surface area contributed by atoms with E-state index in [4.69, 9.17) is 5.11 Å². The minimum atomic E-state index is -4.12. The molecule has 0 fully saturated rings. The van der Waals surface area contributed by atoms with E-state index in [1.165, 1.54) is 24.3 Å². The summed E-state index contributed by atoms with van der Waals surface area (Å²) in [7, 11) is -4.12. The second kappa shape index (κ2) is 8.28. The molecule has 0 aliphatic carbocycles. The van der Waals surface area contributed by atoms with Gasteiger partial charge in [-0.25, -0.2) is 26.7 Å². The number of halogens is 2. The van der Waals surface area contributed by atoms with Crippen LogP contribution in [0.5, 0.6) is 0 Å². The standard InChI is InChI=1S/C20H18F2N4O5S/c1-11(13-6-15(21)9-16(22)7-13)26-5-4-12-2-3-17(8-14(12)10-26)32(29,30)25-20-23-18(19(27)28)24-31-20/h2-3,6-9,11H,4-5,10H2,1H3,(H,27,28)(H,23,24,25). The summed E-state index contributed by atoms with van der Waals surface area (Å²) in [5.74, 6) is -3.45. The number of aromatic carboxylic acids is 1. The Morgan fingerprint density at radius 1 is 1.19 bits per heavy atom. The number of carbonyl (C=O) groups is 1. The van der Waals surface area contributed by atoms with Crippen molar-refractivity contribution in [3.05, 3.63) is 70.5 Å². The monoisotopic (exact) mass is 464 g/mol. The van der Waals surface area contributed by atoms with Crippen LogP contribution in [0, 0.1) is 11.6 Å². The second-order valence-corrected chi connectivity index (χ2v) is 9.05. The Labute approximate surface area is 181 Å². The highest BCUT2D eigenvalue weighted by Gasteiger charge is 2.26. The molecule has 1 aromatic heterocycles. The lowest BCUT2D eigenvalue weighted by atomic mass is 9.97. The van der Waals surface area contributed by atoms with Crippen molar-refractivity contribution in [3.8, 4) is 0 Å². The molecule has 4 rings (SSSR count). The van der Waals surface area contributed by atoms with Crippen molar-refractivity contribution >= 4 is 22.0 Å². The number of fused-ring (bicyclic) bond motifs is 1. The normalized spacial score (nSPS) is 15.2. The molecule has 0 radical (unpaired) electrons. The predicted octanol–water partition coefficient (Wildman–Crippen LogP) is 2.97. The highest BCUT2D eigenvalue weighted by atomic mass is 32.2. The first-order valence-electron chi connectivity index (χ1n) is 9.54. The summed E-state index contributed by atoms with van der Waals surface area (Å²) in [6.45, 7) is 2.84. The lowest BCUT2D eigenvalue weighted by Crippen LogP contribution is -2.33. The fraction of sp³-hybridized carbons (Fsp3) is 0.250. The third kappa shape index (κ3) is 4.46. The number of anilines is 1. The van der Waals surface area contributed by atoms with Gasteiger partial charge < -0.3 is 9.63 Å². The van der Waals surface area contributed by atoms with Crippen LogP contribution >= 0.6 is 0 Å². The number of benzene rings is 2. The number of hydrogen-bond acceptors (Lipinski definition) is 7. The fourth-order valence-corrected chi connectivity index (χ4v) is 4.58. The van der Waals surface area contributed by atoms with E-state index in [0.29, 0.717) is 25.1 Å². The van der Waals surface area contributed by atoms with Crippen molar-refractivity contribution in [2.75, 3.05) is 11.3 Å². The van der Waals surface area contributed by atoms with Crippen molar-refractivity contribution in [3.63, 3.8) is 0 Å². The molecule has 2 N–H and O–H groups in total. The molecule has 1 unspecified atom stereocenters. The molecule has 0 spiro atoms. The van der Waals surface area contributed by atoms with Crippen LogP contribution in [0.15, 0.2) is 45.8 Å². The summed E-state index contributed by atoms with van der Waals surface area (Å²) in [4.78, 5) is 16.2. The first kappa shape index (κ1) is 21.8. The third-order valence-electron chi connectivity index (χ3n) is 5.28. The topological polar surface area (TPSA) is 126 Å². The average molecular weight is 464 g/mol. The molecule has 1 atom stereocenters. The van der Waals surface area contributed by atoms with Crippen LogP contribution in [0.2, 0.25) is 0 Å². The Bertz CT molecular complexity index is 1270. The molecule has 1 aliphatic rings. The van der Waals surface area contributed by atoms with Crippen molar-refractivity contribution in [2.24, 2.45) is 0 Å². The number of nitrogens with one attached hydrogen (secondary N) is 1. The van der Waals surface area contributed by atoms with E-state index < -0.39 is 39.5 Å². The number of carboxylic acid groups (broad SMARTS) is 1. The summed E-state index contributed by atoms with van der Waals surface area (Å²) >= 11 is 0. The van der Waals surface area contributed by atoms with E-state index >= 15 is 0 Å². The highest BCUT2D eigenvalue weighted by Crippen LogP contribution is 2.30. The largest absolute Gasteiger partial charge is 0.475 e. The van der Waals surface area contributed by atoms with Crippen molar-refractivity contribution in [1.29, 1.82) is 0 Å². The molecule has 2 heterocycles. The summed E-state index contributed by atoms with van der Waals surface area (Å²) in [6, 6.07) is 7.14. The van der Waals surface area contributed by atoms with Gasteiger partial charge in [-0.15, -0.1) is 0 Å². The van der Waals surface area contributed by atoms with Crippen molar-refractivity contribution in [2.45, 2.75) is 30.8 Å². The highest BCUT2D eigenvalue weighted by molar-refractivity contribution is 7.92. The zero-order chi connectivity index (χ0) is 23.0. The van der Waals surface area contributed by atoms with Crippen LogP contribution in [-0.2, 0) is 23.0 Å². The van der Waals surface area contributed by atoms with Gasteiger partial charge in [-0.2, -0.15) is 4.98 Å². The zero-order valence-electron chi connectivity index (χ0n) is 16.7. The van der Waals surface area contributed by atoms with E-state index in [0.717, 1.165) is 17.2 Å². The van der Waals surface area contributed by atoms with E-state index in [9.17, 15) is 22.0 Å². The van der Waals surface area contributed by atoms with Crippen LogP contribution in [-0.4, -0.2) is 41.1 Å². The Hall–Kier alpha value is -3.38. The summed E-state index contributed by atoms with van der Waals surface area (Å²) in [6.07, 6.45) is 0.636. The van der Waals surface area contributed by atoms with Gasteiger partial charge in [-0.1, -0.05) is 6.07 Å². The van der Waals surface area contributed by atoms with Gasteiger partial charge in [0.2, 0.25) is 0 Å². The first-order chi connectivity index (χ1) is 15.1. The lowest BCUT2D eigenvalue weighted by Gasteiger charge is -2.34. The van der Waals surface area contributed by atoms with Gasteiger partial charge in [0.05, 0.1) is 4.90 Å². The average Bonchev–Trinajstić information content (AvgIpc) is 3.20. The summed E-state index contributed by atoms with van der Waals surface area (Å²) in [5.41, 5.74) is 2.20. The van der Waals surface area contributed by atoms with Gasteiger partial charge in [0.25, 0.3) is 15.8 Å². The fourth-order valence-electron chi connectivity index (χ4n) is 3.61. The minimum absolute atomic E-state index is 0.0716. The smallest absolute Gasteiger partial charge is 0.377 e. The molecule has 168 valence electrons. The van der Waals surface area contributed by atoms with Crippen molar-refractivity contribution < 1.29 is 31.6 Å². The van der Waals surface area contributed by atoms with Gasteiger partial charge in [-0.3, -0.25) is 4.90 Å². The van der Waals surface area contributed by atoms with E-state index in [1.54, 1.807) is 6.07 Å². The maximum atomic E-state index is 13.6. The van der Waals surface area contributed by atoms with Gasteiger partial charge in [0, 0.05) is 25.2 Å². The predicted molar refractivity (Wildman–Crippen MR) is 107 cm³/mol.